The van der Waals surface area contributed by atoms with E-state index in [0.717, 1.165) is 49.0 Å². The highest BCUT2D eigenvalue weighted by Crippen LogP contribution is 2.31. The van der Waals surface area contributed by atoms with E-state index in [-0.39, 0.29) is 11.9 Å². The number of fused-ring (bicyclic) bond motifs is 1. The van der Waals surface area contributed by atoms with Gasteiger partial charge in [0, 0.05) is 11.8 Å². The van der Waals surface area contributed by atoms with Gasteiger partial charge < -0.3 is 14.2 Å². The summed E-state index contributed by atoms with van der Waals surface area (Å²) in [5.74, 6) is 1.35. The number of carbonyl (C=O) groups is 1. The lowest BCUT2D eigenvalue weighted by Crippen LogP contribution is -2.42. The molecule has 0 bridgehead atoms. The molecule has 0 spiro atoms. The molecule has 3 aromatic rings. The summed E-state index contributed by atoms with van der Waals surface area (Å²) in [4.78, 5) is 20.0. The Morgan fingerprint density at radius 2 is 1.86 bits per heavy atom. The molecule has 0 saturated carbocycles. The SMILES string of the molecule is CCCCC1=NC(=O)C(=C2NN=C(Cc3noc4ccccc34)O2)CN1[C@@H](CCC)c1ccccc1. The Hall–Kier alpha value is -3.94. The number of hydrogen-bond acceptors (Lipinski definition) is 7. The number of benzene rings is 2. The number of amidine groups is 1. The first-order valence-corrected chi connectivity index (χ1v) is 12.7. The minimum absolute atomic E-state index is 0.124. The van der Waals surface area contributed by atoms with Gasteiger partial charge in [0.05, 0.1) is 19.0 Å². The van der Waals surface area contributed by atoms with Crippen LogP contribution in [0.25, 0.3) is 11.0 Å². The van der Waals surface area contributed by atoms with E-state index in [9.17, 15) is 4.79 Å². The average molecular weight is 486 g/mol. The zero-order valence-electron chi connectivity index (χ0n) is 20.7. The lowest BCUT2D eigenvalue weighted by Gasteiger charge is -2.37. The molecule has 2 aromatic carbocycles. The Balaban J connectivity index is 1.41. The molecule has 8 nitrogen and oxygen atoms in total. The van der Waals surface area contributed by atoms with Crippen LogP contribution in [0.2, 0.25) is 0 Å². The Morgan fingerprint density at radius 3 is 2.67 bits per heavy atom. The van der Waals surface area contributed by atoms with Gasteiger partial charge in [0.2, 0.25) is 11.8 Å². The van der Waals surface area contributed by atoms with Crippen LogP contribution in [0.4, 0.5) is 0 Å². The van der Waals surface area contributed by atoms with Crippen LogP contribution in [0.15, 0.2) is 80.7 Å². The first-order chi connectivity index (χ1) is 17.7. The van der Waals surface area contributed by atoms with Crippen molar-refractivity contribution in [3.8, 4) is 0 Å². The summed E-state index contributed by atoms with van der Waals surface area (Å²) in [6.07, 6.45) is 5.12. The van der Waals surface area contributed by atoms with Crippen molar-refractivity contribution in [1.29, 1.82) is 0 Å². The zero-order valence-corrected chi connectivity index (χ0v) is 20.7. The number of aliphatic imine (C=N–C) groups is 1. The number of ether oxygens (including phenoxy) is 1. The van der Waals surface area contributed by atoms with E-state index in [4.69, 9.17) is 9.26 Å². The Morgan fingerprint density at radius 1 is 1.06 bits per heavy atom. The number of unbranched alkanes of at least 4 members (excludes halogenated alkanes) is 1. The number of aromatic nitrogens is 1. The largest absolute Gasteiger partial charge is 0.423 e. The highest BCUT2D eigenvalue weighted by Gasteiger charge is 2.34. The lowest BCUT2D eigenvalue weighted by atomic mass is 9.98. The van der Waals surface area contributed by atoms with Gasteiger partial charge in [-0.3, -0.25) is 4.79 Å². The monoisotopic (exact) mass is 485 g/mol. The number of nitrogens with zero attached hydrogens (tertiary/aromatic N) is 4. The molecule has 36 heavy (non-hydrogen) atoms. The van der Waals surface area contributed by atoms with Gasteiger partial charge in [0.1, 0.15) is 17.1 Å². The molecule has 0 unspecified atom stereocenters. The normalized spacial score (nSPS) is 18.6. The molecule has 2 aliphatic heterocycles. The molecule has 8 heteroatoms. The molecule has 1 N–H and O–H groups in total. The minimum atomic E-state index is -0.272. The molecule has 2 aliphatic rings. The fraction of sp³-hybridized carbons (Fsp3) is 0.357. The molecule has 1 aromatic heterocycles. The highest BCUT2D eigenvalue weighted by molar-refractivity contribution is 6.06. The van der Waals surface area contributed by atoms with E-state index < -0.39 is 0 Å². The number of hydrazone groups is 1. The summed E-state index contributed by atoms with van der Waals surface area (Å²) in [5, 5.41) is 9.41. The van der Waals surface area contributed by atoms with Crippen LogP contribution < -0.4 is 5.43 Å². The third-order valence-corrected chi connectivity index (χ3v) is 6.57. The molecular weight excluding hydrogens is 454 g/mol. The van der Waals surface area contributed by atoms with Gasteiger partial charge in [0.15, 0.2) is 5.58 Å². The fourth-order valence-corrected chi connectivity index (χ4v) is 4.71. The van der Waals surface area contributed by atoms with Crippen LogP contribution in [0.3, 0.4) is 0 Å². The van der Waals surface area contributed by atoms with Gasteiger partial charge in [-0.25, -0.2) is 5.43 Å². The second-order valence-corrected chi connectivity index (χ2v) is 9.11. The third kappa shape index (κ3) is 4.89. The molecule has 5 rings (SSSR count). The van der Waals surface area contributed by atoms with E-state index in [2.05, 4.69) is 63.7 Å². The Bertz CT molecular complexity index is 1330. The first kappa shape index (κ1) is 23.8. The molecule has 0 fully saturated rings. The quantitative estimate of drug-likeness (QED) is 0.403. The number of carbonyl (C=O) groups excluding carboxylic acids is 1. The lowest BCUT2D eigenvalue weighted by molar-refractivity contribution is -0.115. The van der Waals surface area contributed by atoms with Gasteiger partial charge in [-0.2, -0.15) is 4.99 Å². The summed E-state index contributed by atoms with van der Waals surface area (Å²) >= 11 is 0. The fourth-order valence-electron chi connectivity index (χ4n) is 4.71. The molecule has 3 heterocycles. The van der Waals surface area contributed by atoms with Crippen LogP contribution >= 0.6 is 0 Å². The summed E-state index contributed by atoms with van der Waals surface area (Å²) < 4.78 is 11.4. The van der Waals surface area contributed by atoms with Crippen molar-refractivity contribution >= 4 is 28.6 Å². The topological polar surface area (TPSA) is 92.3 Å². The maximum atomic E-state index is 13.1. The second kappa shape index (κ2) is 10.8. The maximum absolute atomic E-state index is 13.1. The predicted molar refractivity (Wildman–Crippen MR) is 139 cm³/mol. The van der Waals surface area contributed by atoms with Crippen LogP contribution in [-0.2, 0) is 16.0 Å². The summed E-state index contributed by atoms with van der Waals surface area (Å²) in [7, 11) is 0. The molecule has 186 valence electrons. The summed E-state index contributed by atoms with van der Waals surface area (Å²) in [6.45, 7) is 4.75. The second-order valence-electron chi connectivity index (χ2n) is 9.11. The van der Waals surface area contributed by atoms with Crippen molar-refractivity contribution in [3.05, 3.63) is 77.3 Å². The smallest absolute Gasteiger partial charge is 0.281 e. The molecule has 1 amide bonds. The number of para-hydroxylation sites is 1. The molecule has 1 atom stereocenters. The van der Waals surface area contributed by atoms with E-state index >= 15 is 0 Å². The van der Waals surface area contributed by atoms with Crippen molar-refractivity contribution in [2.75, 3.05) is 6.54 Å². The van der Waals surface area contributed by atoms with Crippen LogP contribution in [0, 0.1) is 0 Å². The van der Waals surface area contributed by atoms with Crippen LogP contribution in [0.1, 0.15) is 63.3 Å². The van der Waals surface area contributed by atoms with E-state index in [1.54, 1.807) is 0 Å². The summed E-state index contributed by atoms with van der Waals surface area (Å²) in [5.41, 5.74) is 6.08. The van der Waals surface area contributed by atoms with Gasteiger partial charge in [-0.05, 0) is 30.5 Å². The number of rotatable bonds is 9. The van der Waals surface area contributed by atoms with Gasteiger partial charge >= 0.3 is 0 Å². The van der Waals surface area contributed by atoms with Crippen molar-refractivity contribution in [1.82, 2.24) is 15.5 Å². The first-order valence-electron chi connectivity index (χ1n) is 12.7. The maximum Gasteiger partial charge on any atom is 0.281 e. The van der Waals surface area contributed by atoms with Crippen molar-refractivity contribution in [3.63, 3.8) is 0 Å². The number of nitrogens with one attached hydrogen (secondary N) is 1. The van der Waals surface area contributed by atoms with E-state index in [1.165, 1.54) is 5.56 Å². The number of hydrogen-bond donors (Lipinski definition) is 1. The number of amides is 1. The van der Waals surface area contributed by atoms with E-state index in [1.807, 2.05) is 30.3 Å². The zero-order chi connectivity index (χ0) is 24.9. The molecule has 0 aliphatic carbocycles. The molecular formula is C28H31N5O3. The highest BCUT2D eigenvalue weighted by atomic mass is 16.5. The van der Waals surface area contributed by atoms with Crippen LogP contribution in [-0.4, -0.2) is 34.2 Å². The third-order valence-electron chi connectivity index (χ3n) is 6.57. The standard InChI is InChI=1S/C28H31N5O3/c1-3-5-16-25-29-27(34)21(18-33(25)23(11-4-2)19-12-7-6-8-13-19)28-31-30-26(35-28)17-22-20-14-9-10-15-24(20)36-32-22/h6-10,12-15,23,31H,3-5,11,16-18H2,1-2H3/t23-/m0/s1. The van der Waals surface area contributed by atoms with Gasteiger partial charge in [-0.1, -0.05) is 74.3 Å². The summed E-state index contributed by atoms with van der Waals surface area (Å²) in [6, 6.07) is 18.2. The molecule has 0 saturated heterocycles. The Labute approximate surface area is 210 Å². The van der Waals surface area contributed by atoms with Crippen molar-refractivity contribution in [2.45, 2.75) is 58.4 Å². The van der Waals surface area contributed by atoms with Crippen molar-refractivity contribution < 1.29 is 14.1 Å². The molecule has 0 radical (unpaired) electrons. The Kier molecular flexibility index (Phi) is 7.11. The van der Waals surface area contributed by atoms with E-state index in [0.29, 0.717) is 35.9 Å². The van der Waals surface area contributed by atoms with Crippen LogP contribution in [0.5, 0.6) is 0 Å². The van der Waals surface area contributed by atoms with Crippen molar-refractivity contribution in [2.24, 2.45) is 10.1 Å². The predicted octanol–water partition coefficient (Wildman–Crippen LogP) is 5.49. The average Bonchev–Trinajstić information content (AvgIpc) is 3.54. The van der Waals surface area contributed by atoms with Gasteiger partial charge in [-0.15, -0.1) is 5.10 Å². The minimum Gasteiger partial charge on any atom is -0.423 e. The van der Waals surface area contributed by atoms with Gasteiger partial charge in [0.25, 0.3) is 5.91 Å².